The lowest BCUT2D eigenvalue weighted by atomic mass is 9.95. The lowest BCUT2D eigenvalue weighted by molar-refractivity contribution is 0.0778. The van der Waals surface area contributed by atoms with E-state index in [4.69, 9.17) is 0 Å². The second-order valence-electron chi connectivity index (χ2n) is 8.61. The molecule has 2 aliphatic heterocycles. The third-order valence-corrected chi connectivity index (χ3v) is 7.31. The van der Waals surface area contributed by atoms with E-state index in [2.05, 4.69) is 15.3 Å². The highest BCUT2D eigenvalue weighted by Crippen LogP contribution is 2.38. The van der Waals surface area contributed by atoms with Crippen LogP contribution >= 0.6 is 11.3 Å². The van der Waals surface area contributed by atoms with Gasteiger partial charge < -0.3 is 14.8 Å². The average Bonchev–Trinajstić information content (AvgIpc) is 3.42. The average molecular weight is 428 g/mol. The van der Waals surface area contributed by atoms with Crippen LogP contribution in [0.4, 0.5) is 0 Å². The van der Waals surface area contributed by atoms with Crippen molar-refractivity contribution in [3.05, 3.63) is 44.0 Å². The standard InChI is InChI=1S/C21H25N5O3S/c1-12-22-17(11-30-12)21(29)26-8-13-7-25-10-16(20(28)24-18(25)15(13)9-26)19(27)23-14-5-3-2-4-6-14/h10-11,13-15H,2-9H2,1H3,(H,23,27)/t13-,15+/m0/s1. The summed E-state index contributed by atoms with van der Waals surface area (Å²) in [6, 6.07) is 0.150. The zero-order chi connectivity index (χ0) is 20.8. The molecule has 1 saturated carbocycles. The molecule has 0 bridgehead atoms. The van der Waals surface area contributed by atoms with Crippen molar-refractivity contribution < 1.29 is 9.59 Å². The van der Waals surface area contributed by atoms with Crippen LogP contribution in [0, 0.1) is 12.8 Å². The van der Waals surface area contributed by atoms with E-state index >= 15 is 0 Å². The van der Waals surface area contributed by atoms with Gasteiger partial charge in [-0.1, -0.05) is 19.3 Å². The van der Waals surface area contributed by atoms with Gasteiger partial charge in [-0.3, -0.25) is 14.4 Å². The Hall–Kier alpha value is -2.55. The number of hydrogen-bond donors (Lipinski definition) is 1. The van der Waals surface area contributed by atoms with E-state index in [9.17, 15) is 14.4 Å². The fraction of sp³-hybridized carbons (Fsp3) is 0.571. The smallest absolute Gasteiger partial charge is 0.285 e. The van der Waals surface area contributed by atoms with Crippen LogP contribution in [-0.2, 0) is 6.54 Å². The van der Waals surface area contributed by atoms with Crippen LogP contribution in [0.15, 0.2) is 16.4 Å². The topological polar surface area (TPSA) is 97.2 Å². The van der Waals surface area contributed by atoms with E-state index in [0.717, 1.165) is 30.7 Å². The van der Waals surface area contributed by atoms with Crippen LogP contribution in [0.25, 0.3) is 0 Å². The molecular weight excluding hydrogens is 402 g/mol. The summed E-state index contributed by atoms with van der Waals surface area (Å²) in [7, 11) is 0. The molecule has 3 aliphatic rings. The molecule has 0 spiro atoms. The van der Waals surface area contributed by atoms with Gasteiger partial charge in [0.05, 0.1) is 5.01 Å². The van der Waals surface area contributed by atoms with Gasteiger partial charge in [-0.05, 0) is 19.8 Å². The summed E-state index contributed by atoms with van der Waals surface area (Å²) in [4.78, 5) is 48.4. The number of fused-ring (bicyclic) bond motifs is 3. The molecule has 2 fully saturated rings. The van der Waals surface area contributed by atoms with Crippen LogP contribution in [0.5, 0.6) is 0 Å². The largest absolute Gasteiger partial charge is 0.349 e. The lowest BCUT2D eigenvalue weighted by Crippen LogP contribution is -2.39. The van der Waals surface area contributed by atoms with E-state index in [-0.39, 0.29) is 35.3 Å². The maximum atomic E-state index is 12.7. The zero-order valence-electron chi connectivity index (χ0n) is 17.0. The monoisotopic (exact) mass is 427 g/mol. The fourth-order valence-electron chi connectivity index (χ4n) is 5.00. The van der Waals surface area contributed by atoms with E-state index in [1.54, 1.807) is 11.6 Å². The molecule has 5 rings (SSSR count). The Labute approximate surface area is 178 Å². The minimum absolute atomic E-state index is 0.0249. The maximum Gasteiger partial charge on any atom is 0.285 e. The number of nitrogens with zero attached hydrogens (tertiary/aromatic N) is 4. The highest BCUT2D eigenvalue weighted by atomic mass is 32.1. The van der Waals surface area contributed by atoms with E-state index < -0.39 is 5.56 Å². The molecule has 2 aromatic rings. The SMILES string of the molecule is Cc1nc(C(=O)N2C[C@@H]3Cn4cc(C(=O)NC5CCCCC5)c(=O)nc4[C@@H]3C2)cs1. The quantitative estimate of drug-likeness (QED) is 0.807. The fourth-order valence-corrected chi connectivity index (χ4v) is 5.59. The van der Waals surface area contributed by atoms with Crippen LogP contribution in [0.1, 0.15) is 69.7 Å². The Morgan fingerprint density at radius 1 is 1.13 bits per heavy atom. The van der Waals surface area contributed by atoms with Gasteiger partial charge >= 0.3 is 0 Å². The second-order valence-corrected chi connectivity index (χ2v) is 9.67. The summed E-state index contributed by atoms with van der Waals surface area (Å²) in [6.07, 6.45) is 7.05. The van der Waals surface area contributed by atoms with Gasteiger partial charge in [-0.25, -0.2) is 4.98 Å². The first-order chi connectivity index (χ1) is 14.5. The maximum absolute atomic E-state index is 12.7. The third-order valence-electron chi connectivity index (χ3n) is 6.54. The van der Waals surface area contributed by atoms with Gasteiger partial charge in [-0.15, -0.1) is 11.3 Å². The third kappa shape index (κ3) is 3.45. The Morgan fingerprint density at radius 3 is 2.67 bits per heavy atom. The van der Waals surface area contributed by atoms with Crippen molar-refractivity contribution in [2.24, 2.45) is 5.92 Å². The number of aryl methyl sites for hydroxylation is 1. The molecule has 30 heavy (non-hydrogen) atoms. The summed E-state index contributed by atoms with van der Waals surface area (Å²) < 4.78 is 1.93. The zero-order valence-corrected chi connectivity index (χ0v) is 17.8. The first-order valence-corrected chi connectivity index (χ1v) is 11.5. The van der Waals surface area contributed by atoms with Gasteiger partial charge in [0.1, 0.15) is 17.1 Å². The van der Waals surface area contributed by atoms with Crippen LogP contribution in [0.3, 0.4) is 0 Å². The number of rotatable bonds is 3. The number of aromatic nitrogens is 3. The number of carbonyl (C=O) groups excluding carboxylic acids is 2. The molecule has 1 aliphatic carbocycles. The summed E-state index contributed by atoms with van der Waals surface area (Å²) in [6.45, 7) is 3.69. The Morgan fingerprint density at radius 2 is 1.93 bits per heavy atom. The summed E-state index contributed by atoms with van der Waals surface area (Å²) in [5.41, 5.74) is 0.128. The van der Waals surface area contributed by atoms with Crippen LogP contribution in [0.2, 0.25) is 0 Å². The first kappa shape index (κ1) is 19.4. The van der Waals surface area contributed by atoms with Crippen molar-refractivity contribution in [1.29, 1.82) is 0 Å². The molecule has 1 saturated heterocycles. The Bertz CT molecular complexity index is 1060. The lowest BCUT2D eigenvalue weighted by Gasteiger charge is -2.22. The van der Waals surface area contributed by atoms with E-state index in [1.165, 1.54) is 17.8 Å². The van der Waals surface area contributed by atoms with Crippen molar-refractivity contribution in [3.8, 4) is 0 Å². The van der Waals surface area contributed by atoms with Crippen molar-refractivity contribution in [2.45, 2.75) is 57.5 Å². The first-order valence-electron chi connectivity index (χ1n) is 10.6. The summed E-state index contributed by atoms with van der Waals surface area (Å²) in [5.74, 6) is 0.534. The van der Waals surface area contributed by atoms with Crippen LogP contribution < -0.4 is 10.9 Å². The molecule has 9 heteroatoms. The minimum atomic E-state index is -0.477. The molecule has 2 atom stereocenters. The molecule has 8 nitrogen and oxygen atoms in total. The van der Waals surface area contributed by atoms with Crippen molar-refractivity contribution in [2.75, 3.05) is 13.1 Å². The molecule has 0 aromatic carbocycles. The molecule has 4 heterocycles. The Balaban J connectivity index is 1.32. The number of thiazole rings is 1. The minimum Gasteiger partial charge on any atom is -0.349 e. The number of amides is 2. The van der Waals surface area contributed by atoms with Crippen molar-refractivity contribution in [1.82, 2.24) is 24.8 Å². The molecule has 1 N–H and O–H groups in total. The normalized spacial score (nSPS) is 23.3. The number of hydrogen-bond acceptors (Lipinski definition) is 6. The number of likely N-dealkylation sites (tertiary alicyclic amines) is 1. The molecule has 2 amide bonds. The van der Waals surface area contributed by atoms with Gasteiger partial charge in [-0.2, -0.15) is 4.98 Å². The number of carbonyl (C=O) groups is 2. The molecular formula is C21H25N5O3S. The molecule has 158 valence electrons. The predicted octanol–water partition coefficient (Wildman–Crippen LogP) is 1.94. The second kappa shape index (κ2) is 7.61. The molecule has 2 aromatic heterocycles. The van der Waals surface area contributed by atoms with Crippen molar-refractivity contribution >= 4 is 23.2 Å². The van der Waals surface area contributed by atoms with Crippen molar-refractivity contribution in [3.63, 3.8) is 0 Å². The van der Waals surface area contributed by atoms with Gasteiger partial charge in [0.15, 0.2) is 0 Å². The van der Waals surface area contributed by atoms with E-state index in [1.807, 2.05) is 16.4 Å². The molecule has 0 unspecified atom stereocenters. The highest BCUT2D eigenvalue weighted by molar-refractivity contribution is 7.09. The summed E-state index contributed by atoms with van der Waals surface area (Å²) in [5, 5.41) is 5.67. The van der Waals surface area contributed by atoms with Crippen LogP contribution in [-0.4, -0.2) is 50.4 Å². The number of nitrogens with one attached hydrogen (secondary N) is 1. The highest BCUT2D eigenvalue weighted by Gasteiger charge is 2.43. The van der Waals surface area contributed by atoms with E-state index in [0.29, 0.717) is 31.2 Å². The molecule has 0 radical (unpaired) electrons. The summed E-state index contributed by atoms with van der Waals surface area (Å²) >= 11 is 1.47. The predicted molar refractivity (Wildman–Crippen MR) is 112 cm³/mol. The van der Waals surface area contributed by atoms with Gasteiger partial charge in [0.2, 0.25) is 0 Å². The Kier molecular flexibility index (Phi) is 4.92. The van der Waals surface area contributed by atoms with Gasteiger partial charge in [0, 0.05) is 49.1 Å². The van der Waals surface area contributed by atoms with Gasteiger partial charge in [0.25, 0.3) is 17.4 Å².